The van der Waals surface area contributed by atoms with Gasteiger partial charge in [-0.15, -0.1) is 0 Å². The molecule has 3 atom stereocenters. The van der Waals surface area contributed by atoms with E-state index in [0.717, 1.165) is 19.3 Å². The predicted molar refractivity (Wildman–Crippen MR) is 84.3 cm³/mol. The molecule has 1 aromatic carbocycles. The molecule has 1 saturated heterocycles. The lowest BCUT2D eigenvalue weighted by Crippen LogP contribution is -2.61. The summed E-state index contributed by atoms with van der Waals surface area (Å²) >= 11 is 0. The molecule has 0 saturated carbocycles. The van der Waals surface area contributed by atoms with E-state index in [1.165, 1.54) is 11.1 Å². The summed E-state index contributed by atoms with van der Waals surface area (Å²) in [6.07, 6.45) is 4.21. The van der Waals surface area contributed by atoms with Gasteiger partial charge in [0.1, 0.15) is 0 Å². The van der Waals surface area contributed by atoms with Crippen LogP contribution in [0.3, 0.4) is 0 Å². The van der Waals surface area contributed by atoms with E-state index in [9.17, 15) is 5.11 Å². The molecular weight excluding hydrogens is 262 g/mol. The third-order valence-electron chi connectivity index (χ3n) is 5.97. The standard InChI is InChI=1S/C18H27NO2/c1-3-16(2)12-18(20,10-11-21-16)17(13-19)9-8-14-6-4-5-7-15(14)17/h4-7,20H,3,8-13,19H2,1-2H3. The van der Waals surface area contributed by atoms with Gasteiger partial charge in [0.25, 0.3) is 0 Å². The highest BCUT2D eigenvalue weighted by Gasteiger charge is 2.57. The summed E-state index contributed by atoms with van der Waals surface area (Å²) in [5.41, 5.74) is 7.51. The lowest BCUT2D eigenvalue weighted by atomic mass is 9.61. The van der Waals surface area contributed by atoms with E-state index in [-0.39, 0.29) is 11.0 Å². The predicted octanol–water partition coefficient (Wildman–Crippen LogP) is 2.54. The topological polar surface area (TPSA) is 55.5 Å². The summed E-state index contributed by atoms with van der Waals surface area (Å²) in [4.78, 5) is 0. The van der Waals surface area contributed by atoms with Crippen LogP contribution in [0.25, 0.3) is 0 Å². The summed E-state index contributed by atoms with van der Waals surface area (Å²) < 4.78 is 5.95. The van der Waals surface area contributed by atoms with Gasteiger partial charge in [-0.05, 0) is 37.3 Å². The normalized spacial score (nSPS) is 39.2. The van der Waals surface area contributed by atoms with Crippen molar-refractivity contribution in [3.8, 4) is 0 Å². The number of ether oxygens (including phenoxy) is 1. The van der Waals surface area contributed by atoms with Gasteiger partial charge in [0, 0.05) is 24.8 Å². The average molecular weight is 289 g/mol. The van der Waals surface area contributed by atoms with E-state index in [4.69, 9.17) is 10.5 Å². The minimum Gasteiger partial charge on any atom is -0.389 e. The van der Waals surface area contributed by atoms with Crippen molar-refractivity contribution in [3.63, 3.8) is 0 Å². The molecule has 1 aliphatic heterocycles. The van der Waals surface area contributed by atoms with E-state index >= 15 is 0 Å². The minimum absolute atomic E-state index is 0.243. The zero-order valence-corrected chi connectivity index (χ0v) is 13.2. The summed E-state index contributed by atoms with van der Waals surface area (Å²) in [7, 11) is 0. The lowest BCUT2D eigenvalue weighted by molar-refractivity contribution is -0.180. The molecule has 3 heteroatoms. The van der Waals surface area contributed by atoms with Crippen molar-refractivity contribution in [1.82, 2.24) is 0 Å². The number of benzene rings is 1. The Morgan fingerprint density at radius 1 is 1.29 bits per heavy atom. The van der Waals surface area contributed by atoms with Gasteiger partial charge < -0.3 is 15.6 Å². The summed E-state index contributed by atoms with van der Waals surface area (Å²) in [6, 6.07) is 8.48. The molecule has 1 aromatic rings. The van der Waals surface area contributed by atoms with Gasteiger partial charge in [0.15, 0.2) is 0 Å². The summed E-state index contributed by atoms with van der Waals surface area (Å²) in [5, 5.41) is 11.6. The number of hydrogen-bond donors (Lipinski definition) is 2. The van der Waals surface area contributed by atoms with Crippen molar-refractivity contribution in [1.29, 1.82) is 0 Å². The molecule has 1 heterocycles. The molecule has 3 N–H and O–H groups in total. The zero-order valence-electron chi connectivity index (χ0n) is 13.2. The minimum atomic E-state index is -0.767. The SMILES string of the molecule is CCC1(C)CC(O)(C2(CN)CCc3ccccc32)CCO1. The first kappa shape index (κ1) is 15.0. The maximum absolute atomic E-state index is 11.6. The maximum atomic E-state index is 11.6. The number of aryl methyl sites for hydroxylation is 1. The molecule has 1 aliphatic carbocycles. The first-order valence-corrected chi connectivity index (χ1v) is 8.13. The number of aliphatic hydroxyl groups is 1. The quantitative estimate of drug-likeness (QED) is 0.899. The van der Waals surface area contributed by atoms with Crippen molar-refractivity contribution < 1.29 is 9.84 Å². The van der Waals surface area contributed by atoms with E-state index in [0.29, 0.717) is 26.0 Å². The van der Waals surface area contributed by atoms with Gasteiger partial charge in [0.2, 0.25) is 0 Å². The Labute approximate surface area is 127 Å². The van der Waals surface area contributed by atoms with Crippen LogP contribution < -0.4 is 5.73 Å². The van der Waals surface area contributed by atoms with Crippen molar-refractivity contribution in [3.05, 3.63) is 35.4 Å². The molecule has 3 rings (SSSR count). The van der Waals surface area contributed by atoms with E-state index < -0.39 is 5.60 Å². The Morgan fingerprint density at radius 3 is 2.76 bits per heavy atom. The summed E-state index contributed by atoms with van der Waals surface area (Å²) in [6.45, 7) is 5.36. The largest absolute Gasteiger partial charge is 0.389 e. The van der Waals surface area contributed by atoms with Gasteiger partial charge in [-0.1, -0.05) is 31.2 Å². The van der Waals surface area contributed by atoms with E-state index in [1.807, 2.05) is 0 Å². The van der Waals surface area contributed by atoms with Crippen LogP contribution in [0.15, 0.2) is 24.3 Å². The van der Waals surface area contributed by atoms with Crippen LogP contribution in [0.1, 0.15) is 50.7 Å². The van der Waals surface area contributed by atoms with Gasteiger partial charge in [0.05, 0.1) is 17.8 Å². The second-order valence-corrected chi connectivity index (χ2v) is 7.05. The average Bonchev–Trinajstić information content (AvgIpc) is 2.88. The van der Waals surface area contributed by atoms with Crippen LogP contribution >= 0.6 is 0 Å². The van der Waals surface area contributed by atoms with Crippen LogP contribution in [-0.2, 0) is 16.6 Å². The Balaban J connectivity index is 2.04. The summed E-state index contributed by atoms with van der Waals surface area (Å²) in [5.74, 6) is 0. The third-order valence-corrected chi connectivity index (χ3v) is 5.97. The first-order valence-electron chi connectivity index (χ1n) is 8.13. The van der Waals surface area contributed by atoms with Crippen LogP contribution in [0, 0.1) is 0 Å². The maximum Gasteiger partial charge on any atom is 0.0805 e. The molecule has 116 valence electrons. The van der Waals surface area contributed by atoms with Crippen molar-refractivity contribution in [2.75, 3.05) is 13.2 Å². The molecule has 21 heavy (non-hydrogen) atoms. The Morgan fingerprint density at radius 2 is 2.05 bits per heavy atom. The van der Waals surface area contributed by atoms with Crippen molar-refractivity contribution in [2.45, 2.75) is 62.6 Å². The molecule has 1 fully saturated rings. The molecule has 0 spiro atoms. The van der Waals surface area contributed by atoms with Gasteiger partial charge in [-0.2, -0.15) is 0 Å². The number of nitrogens with two attached hydrogens (primary N) is 1. The molecule has 2 aliphatic rings. The fourth-order valence-electron chi connectivity index (χ4n) is 4.43. The van der Waals surface area contributed by atoms with E-state index in [1.54, 1.807) is 0 Å². The van der Waals surface area contributed by atoms with Gasteiger partial charge >= 0.3 is 0 Å². The van der Waals surface area contributed by atoms with Crippen molar-refractivity contribution in [2.24, 2.45) is 5.73 Å². The second-order valence-electron chi connectivity index (χ2n) is 7.05. The molecule has 0 radical (unpaired) electrons. The Hall–Kier alpha value is -0.900. The Bertz CT molecular complexity index is 532. The first-order chi connectivity index (χ1) is 9.99. The van der Waals surface area contributed by atoms with Crippen LogP contribution in [-0.4, -0.2) is 29.5 Å². The fraction of sp³-hybridized carbons (Fsp3) is 0.667. The van der Waals surface area contributed by atoms with Gasteiger partial charge in [-0.25, -0.2) is 0 Å². The monoisotopic (exact) mass is 289 g/mol. The second kappa shape index (κ2) is 5.08. The molecule has 3 unspecified atom stereocenters. The van der Waals surface area contributed by atoms with Crippen LogP contribution in [0.2, 0.25) is 0 Å². The molecular formula is C18H27NO2. The number of fused-ring (bicyclic) bond motifs is 1. The van der Waals surface area contributed by atoms with Crippen LogP contribution in [0.4, 0.5) is 0 Å². The molecule has 0 amide bonds. The molecule has 3 nitrogen and oxygen atoms in total. The lowest BCUT2D eigenvalue weighted by Gasteiger charge is -2.52. The molecule has 0 aromatic heterocycles. The smallest absolute Gasteiger partial charge is 0.0805 e. The fourth-order valence-corrected chi connectivity index (χ4v) is 4.43. The highest BCUT2D eigenvalue weighted by molar-refractivity contribution is 5.43. The highest BCUT2D eigenvalue weighted by Crippen LogP contribution is 2.52. The Kier molecular flexibility index (Phi) is 3.63. The van der Waals surface area contributed by atoms with Crippen molar-refractivity contribution >= 4 is 0 Å². The van der Waals surface area contributed by atoms with Gasteiger partial charge in [-0.3, -0.25) is 0 Å². The number of rotatable bonds is 3. The van der Waals surface area contributed by atoms with Crippen LogP contribution in [0.5, 0.6) is 0 Å². The van der Waals surface area contributed by atoms with E-state index in [2.05, 4.69) is 38.1 Å². The number of hydrogen-bond acceptors (Lipinski definition) is 3. The zero-order chi connectivity index (χ0) is 15.1. The molecule has 0 bridgehead atoms. The highest BCUT2D eigenvalue weighted by atomic mass is 16.5. The third kappa shape index (κ3) is 2.14.